The van der Waals surface area contributed by atoms with Gasteiger partial charge in [0.05, 0.1) is 4.90 Å². The summed E-state index contributed by atoms with van der Waals surface area (Å²) in [6, 6.07) is 9.01. The van der Waals surface area contributed by atoms with Crippen molar-refractivity contribution in [2.75, 3.05) is 6.54 Å². The van der Waals surface area contributed by atoms with Crippen molar-refractivity contribution in [1.82, 2.24) is 14.4 Å². The summed E-state index contributed by atoms with van der Waals surface area (Å²) in [5, 5.41) is 3.97. The van der Waals surface area contributed by atoms with Gasteiger partial charge in [0.1, 0.15) is 11.9 Å². The van der Waals surface area contributed by atoms with Gasteiger partial charge in [0.25, 0.3) is 0 Å². The van der Waals surface area contributed by atoms with Crippen molar-refractivity contribution in [3.63, 3.8) is 0 Å². The summed E-state index contributed by atoms with van der Waals surface area (Å²) >= 11 is 0. The van der Waals surface area contributed by atoms with Gasteiger partial charge in [-0.1, -0.05) is 22.9 Å². The molecule has 8 heteroatoms. The van der Waals surface area contributed by atoms with Crippen LogP contribution in [0.4, 0.5) is 4.39 Å². The molecule has 0 saturated carbocycles. The molecule has 152 valence electrons. The first-order valence-electron chi connectivity index (χ1n) is 9.46. The van der Waals surface area contributed by atoms with E-state index in [-0.39, 0.29) is 11.7 Å². The fourth-order valence-electron chi connectivity index (χ4n) is 4.05. The molecule has 2 heterocycles. The van der Waals surface area contributed by atoms with Gasteiger partial charge in [-0.15, -0.1) is 0 Å². The van der Waals surface area contributed by atoms with Gasteiger partial charge in [0, 0.05) is 12.1 Å². The lowest BCUT2D eigenvalue weighted by Crippen LogP contribution is -2.32. The van der Waals surface area contributed by atoms with E-state index in [9.17, 15) is 12.8 Å². The van der Waals surface area contributed by atoms with E-state index in [1.165, 1.54) is 16.4 Å². The number of hydrogen-bond donors (Lipinski definition) is 0. The van der Waals surface area contributed by atoms with Gasteiger partial charge >= 0.3 is 0 Å². The Bertz CT molecular complexity index is 1130. The number of rotatable bonds is 4. The molecular formula is C21H22FN3O3S. The van der Waals surface area contributed by atoms with Crippen LogP contribution in [-0.2, 0) is 10.0 Å². The fraction of sp³-hybridized carbons (Fsp3) is 0.333. The lowest BCUT2D eigenvalue weighted by atomic mass is 10.1. The summed E-state index contributed by atoms with van der Waals surface area (Å²) in [5.41, 5.74) is 3.09. The molecule has 1 atom stereocenters. The molecule has 29 heavy (non-hydrogen) atoms. The van der Waals surface area contributed by atoms with Crippen LogP contribution in [0.2, 0.25) is 0 Å². The number of aromatic nitrogens is 2. The molecule has 0 aliphatic carbocycles. The van der Waals surface area contributed by atoms with Gasteiger partial charge in [-0.2, -0.15) is 9.29 Å². The minimum absolute atomic E-state index is 0.257. The van der Waals surface area contributed by atoms with E-state index in [2.05, 4.69) is 10.1 Å². The van der Waals surface area contributed by atoms with Gasteiger partial charge in [0.2, 0.25) is 21.7 Å². The van der Waals surface area contributed by atoms with Gasteiger partial charge in [0.15, 0.2) is 0 Å². The maximum Gasteiger partial charge on any atom is 0.245 e. The average molecular weight is 415 g/mol. The lowest BCUT2D eigenvalue weighted by Gasteiger charge is -2.23. The topological polar surface area (TPSA) is 76.3 Å². The molecule has 0 unspecified atom stereocenters. The number of hydrogen-bond acceptors (Lipinski definition) is 5. The Balaban J connectivity index is 1.69. The van der Waals surface area contributed by atoms with Crippen LogP contribution in [0.1, 0.15) is 41.5 Å². The zero-order valence-corrected chi connectivity index (χ0v) is 17.3. The minimum atomic E-state index is -3.72. The van der Waals surface area contributed by atoms with Crippen molar-refractivity contribution in [3.05, 3.63) is 64.8 Å². The largest absolute Gasteiger partial charge is 0.337 e. The number of aryl methyl sites for hydroxylation is 3. The first-order chi connectivity index (χ1) is 13.8. The van der Waals surface area contributed by atoms with Crippen LogP contribution in [0.3, 0.4) is 0 Å². The molecule has 1 aliphatic heterocycles. The molecule has 0 N–H and O–H groups in total. The highest BCUT2D eigenvalue weighted by atomic mass is 32.2. The summed E-state index contributed by atoms with van der Waals surface area (Å²) < 4.78 is 47.0. The van der Waals surface area contributed by atoms with Crippen LogP contribution in [0.25, 0.3) is 11.4 Å². The average Bonchev–Trinajstić information content (AvgIpc) is 3.31. The van der Waals surface area contributed by atoms with Gasteiger partial charge in [-0.25, -0.2) is 12.8 Å². The second kappa shape index (κ2) is 7.35. The van der Waals surface area contributed by atoms with E-state index in [0.717, 1.165) is 16.7 Å². The molecule has 0 radical (unpaired) electrons. The minimum Gasteiger partial charge on any atom is -0.337 e. The normalized spacial score (nSPS) is 17.7. The Morgan fingerprint density at radius 3 is 2.41 bits per heavy atom. The van der Waals surface area contributed by atoms with Crippen LogP contribution >= 0.6 is 0 Å². The van der Waals surface area contributed by atoms with Gasteiger partial charge in [-0.05, 0) is 69.0 Å². The first-order valence-corrected chi connectivity index (χ1v) is 10.9. The van der Waals surface area contributed by atoms with Crippen LogP contribution in [0.5, 0.6) is 0 Å². The van der Waals surface area contributed by atoms with E-state index >= 15 is 0 Å². The third kappa shape index (κ3) is 3.58. The lowest BCUT2D eigenvalue weighted by molar-refractivity contribution is 0.290. The van der Waals surface area contributed by atoms with Gasteiger partial charge in [-0.3, -0.25) is 0 Å². The van der Waals surface area contributed by atoms with Crippen molar-refractivity contribution in [3.8, 4) is 11.4 Å². The van der Waals surface area contributed by atoms with Crippen LogP contribution in [-0.4, -0.2) is 29.4 Å². The first kappa shape index (κ1) is 19.7. The third-order valence-electron chi connectivity index (χ3n) is 5.20. The zero-order chi connectivity index (χ0) is 20.8. The van der Waals surface area contributed by atoms with Crippen LogP contribution in [0.15, 0.2) is 45.8 Å². The highest BCUT2D eigenvalue weighted by molar-refractivity contribution is 7.89. The second-order valence-corrected chi connectivity index (χ2v) is 9.29. The standard InChI is InChI=1S/C21H22FN3O3S/c1-13-11-14(2)19(15(3)12-13)29(26,27)25-10-4-5-18(25)21-23-20(24-28-21)16-6-8-17(22)9-7-16/h6-9,11-12,18H,4-5,10H2,1-3H3/t18-/m0/s1. The van der Waals surface area contributed by atoms with E-state index in [1.54, 1.807) is 12.1 Å². The molecule has 1 saturated heterocycles. The molecular weight excluding hydrogens is 393 g/mol. The Morgan fingerprint density at radius 2 is 1.76 bits per heavy atom. The monoisotopic (exact) mass is 415 g/mol. The Hall–Kier alpha value is -2.58. The predicted molar refractivity (Wildman–Crippen MR) is 106 cm³/mol. The van der Waals surface area contributed by atoms with E-state index in [0.29, 0.717) is 35.7 Å². The molecule has 0 bridgehead atoms. The Labute approximate surface area is 169 Å². The molecule has 3 aromatic rings. The number of halogens is 1. The molecule has 1 aromatic heterocycles. The molecule has 0 spiro atoms. The summed E-state index contributed by atoms with van der Waals surface area (Å²) in [4.78, 5) is 4.74. The second-order valence-electron chi connectivity index (χ2n) is 7.46. The van der Waals surface area contributed by atoms with E-state index in [4.69, 9.17) is 4.52 Å². The molecule has 1 aliphatic rings. The van der Waals surface area contributed by atoms with Crippen molar-refractivity contribution >= 4 is 10.0 Å². The highest BCUT2D eigenvalue weighted by Gasteiger charge is 2.40. The van der Waals surface area contributed by atoms with E-state index < -0.39 is 16.1 Å². The number of nitrogens with zero attached hydrogens (tertiary/aromatic N) is 3. The summed E-state index contributed by atoms with van der Waals surface area (Å²) in [7, 11) is -3.72. The van der Waals surface area contributed by atoms with Crippen molar-refractivity contribution in [2.24, 2.45) is 0 Å². The van der Waals surface area contributed by atoms with E-state index in [1.807, 2.05) is 32.9 Å². The number of benzene rings is 2. The number of sulfonamides is 1. The van der Waals surface area contributed by atoms with Crippen LogP contribution < -0.4 is 0 Å². The molecule has 1 fully saturated rings. The quantitative estimate of drug-likeness (QED) is 0.634. The highest BCUT2D eigenvalue weighted by Crippen LogP contribution is 2.38. The summed E-state index contributed by atoms with van der Waals surface area (Å²) in [6.45, 7) is 5.98. The third-order valence-corrected chi connectivity index (χ3v) is 7.42. The summed E-state index contributed by atoms with van der Waals surface area (Å²) in [5.74, 6) is 0.217. The zero-order valence-electron chi connectivity index (χ0n) is 16.5. The van der Waals surface area contributed by atoms with Crippen molar-refractivity contribution in [2.45, 2.75) is 44.6 Å². The smallest absolute Gasteiger partial charge is 0.245 e. The fourth-order valence-corrected chi connectivity index (χ4v) is 6.12. The van der Waals surface area contributed by atoms with Gasteiger partial charge < -0.3 is 4.52 Å². The Kier molecular flexibility index (Phi) is 5.00. The molecule has 6 nitrogen and oxygen atoms in total. The molecule has 4 rings (SSSR count). The van der Waals surface area contributed by atoms with Crippen molar-refractivity contribution in [1.29, 1.82) is 0 Å². The maximum atomic E-state index is 13.5. The molecule has 0 amide bonds. The van der Waals surface area contributed by atoms with Crippen LogP contribution in [0, 0.1) is 26.6 Å². The Morgan fingerprint density at radius 1 is 1.10 bits per heavy atom. The molecule has 2 aromatic carbocycles. The maximum absolute atomic E-state index is 13.5. The van der Waals surface area contributed by atoms with Crippen molar-refractivity contribution < 1.29 is 17.3 Å². The SMILES string of the molecule is Cc1cc(C)c(S(=O)(=O)N2CCC[C@H]2c2nc(-c3ccc(F)cc3)no2)c(C)c1. The summed E-state index contributed by atoms with van der Waals surface area (Å²) in [6.07, 6.45) is 1.32. The predicted octanol–water partition coefficient (Wildman–Crippen LogP) is 4.33.